The third-order valence-corrected chi connectivity index (χ3v) is 3.54. The van der Waals surface area contributed by atoms with E-state index in [1.54, 1.807) is 0 Å². The van der Waals surface area contributed by atoms with E-state index in [1.165, 1.54) is 24.2 Å². The number of hydrogen-bond donors (Lipinski definition) is 1. The van der Waals surface area contributed by atoms with Crippen LogP contribution >= 0.6 is 0 Å². The van der Waals surface area contributed by atoms with Gasteiger partial charge in [0, 0.05) is 6.54 Å². The Hall–Kier alpha value is -1.06. The van der Waals surface area contributed by atoms with Gasteiger partial charge in [-0.15, -0.1) is 0 Å². The summed E-state index contributed by atoms with van der Waals surface area (Å²) in [5.74, 6) is -0.0770. The normalized spacial score (nSPS) is 25.5. The van der Waals surface area contributed by atoms with Crippen molar-refractivity contribution in [3.8, 4) is 0 Å². The van der Waals surface area contributed by atoms with Crippen molar-refractivity contribution < 1.29 is 9.59 Å². The number of carbonyl (C=O) groups is 2. The molecule has 1 aliphatic carbocycles. The predicted octanol–water partition coefficient (Wildman–Crippen LogP) is 1.51. The van der Waals surface area contributed by atoms with Gasteiger partial charge in [0.25, 0.3) is 0 Å². The molecule has 2 aliphatic rings. The Morgan fingerprint density at radius 2 is 1.93 bits per heavy atom. The number of imide groups is 1. The number of rotatable bonds is 2. The van der Waals surface area contributed by atoms with Crippen LogP contribution in [0.15, 0.2) is 0 Å². The zero-order valence-corrected chi connectivity index (χ0v) is 9.21. The molecule has 0 bridgehead atoms. The van der Waals surface area contributed by atoms with Crippen molar-refractivity contribution in [1.29, 1.82) is 0 Å². The second kappa shape index (κ2) is 3.83. The number of urea groups is 1. The zero-order valence-electron chi connectivity index (χ0n) is 9.21. The standard InChI is InChI=1S/C11H18N2O2/c1-11(5-3-2-4-6-11)8-13-9(14)7-12-10(13)15/h2-8H2,1H3,(H,12,15). The molecule has 4 nitrogen and oxygen atoms in total. The predicted molar refractivity (Wildman–Crippen MR) is 56.3 cm³/mol. The fraction of sp³-hybridized carbons (Fsp3) is 0.818. The SMILES string of the molecule is CC1(CN2C(=O)CNC2=O)CCCCC1. The van der Waals surface area contributed by atoms with E-state index in [0.717, 1.165) is 12.8 Å². The monoisotopic (exact) mass is 210 g/mol. The number of carbonyl (C=O) groups excluding carboxylic acids is 2. The van der Waals surface area contributed by atoms with E-state index in [-0.39, 0.29) is 23.9 Å². The van der Waals surface area contributed by atoms with Crippen LogP contribution in [0.3, 0.4) is 0 Å². The lowest BCUT2D eigenvalue weighted by atomic mass is 9.75. The van der Waals surface area contributed by atoms with E-state index in [1.807, 2.05) is 0 Å². The van der Waals surface area contributed by atoms with Gasteiger partial charge in [-0.1, -0.05) is 26.2 Å². The summed E-state index contributed by atoms with van der Waals surface area (Å²) in [6.07, 6.45) is 5.99. The van der Waals surface area contributed by atoms with Crippen LogP contribution in [0, 0.1) is 5.41 Å². The summed E-state index contributed by atoms with van der Waals surface area (Å²) in [6.45, 7) is 2.96. The van der Waals surface area contributed by atoms with E-state index in [2.05, 4.69) is 12.2 Å². The number of nitrogens with zero attached hydrogens (tertiary/aromatic N) is 1. The van der Waals surface area contributed by atoms with Crippen molar-refractivity contribution in [1.82, 2.24) is 10.2 Å². The highest BCUT2D eigenvalue weighted by atomic mass is 16.2. The van der Waals surface area contributed by atoms with Gasteiger partial charge < -0.3 is 5.32 Å². The van der Waals surface area contributed by atoms with E-state index < -0.39 is 0 Å². The molecule has 1 saturated heterocycles. The molecule has 3 amide bonds. The number of amides is 3. The molecule has 1 saturated carbocycles. The second-order valence-electron chi connectivity index (χ2n) is 5.01. The van der Waals surface area contributed by atoms with Crippen molar-refractivity contribution in [3.63, 3.8) is 0 Å². The van der Waals surface area contributed by atoms with E-state index in [4.69, 9.17) is 0 Å². The van der Waals surface area contributed by atoms with Gasteiger partial charge in [-0.2, -0.15) is 0 Å². The van der Waals surface area contributed by atoms with Crippen LogP contribution in [0.1, 0.15) is 39.0 Å². The average molecular weight is 210 g/mol. The summed E-state index contributed by atoms with van der Waals surface area (Å²) in [5, 5.41) is 2.56. The zero-order chi connectivity index (χ0) is 10.9. The van der Waals surface area contributed by atoms with Gasteiger partial charge in [-0.3, -0.25) is 9.69 Å². The maximum absolute atomic E-state index is 11.4. The molecule has 84 valence electrons. The second-order valence-corrected chi connectivity index (χ2v) is 5.01. The molecule has 0 unspecified atom stereocenters. The molecule has 1 aliphatic heterocycles. The first-order valence-corrected chi connectivity index (χ1v) is 5.69. The first-order chi connectivity index (χ1) is 7.11. The fourth-order valence-electron chi connectivity index (χ4n) is 2.56. The van der Waals surface area contributed by atoms with Crippen molar-refractivity contribution in [3.05, 3.63) is 0 Å². The molecule has 0 atom stereocenters. The molecule has 15 heavy (non-hydrogen) atoms. The van der Waals surface area contributed by atoms with Gasteiger partial charge >= 0.3 is 6.03 Å². The summed E-state index contributed by atoms with van der Waals surface area (Å²) in [6, 6.07) is -0.216. The Labute approximate surface area is 90.0 Å². The van der Waals surface area contributed by atoms with Crippen LogP contribution in [0.5, 0.6) is 0 Å². The third-order valence-electron chi connectivity index (χ3n) is 3.54. The van der Waals surface area contributed by atoms with E-state index in [0.29, 0.717) is 6.54 Å². The highest BCUT2D eigenvalue weighted by molar-refractivity contribution is 6.01. The lowest BCUT2D eigenvalue weighted by Crippen LogP contribution is -2.41. The van der Waals surface area contributed by atoms with Gasteiger partial charge in [-0.05, 0) is 18.3 Å². The van der Waals surface area contributed by atoms with Crippen LogP contribution in [0.2, 0.25) is 0 Å². The molecule has 0 spiro atoms. The number of hydrogen-bond acceptors (Lipinski definition) is 2. The lowest BCUT2D eigenvalue weighted by Gasteiger charge is -2.35. The summed E-state index contributed by atoms with van der Waals surface area (Å²) >= 11 is 0. The Kier molecular flexibility index (Phi) is 2.67. The van der Waals surface area contributed by atoms with E-state index in [9.17, 15) is 9.59 Å². The molecule has 2 rings (SSSR count). The molecule has 1 N–H and O–H groups in total. The summed E-state index contributed by atoms with van der Waals surface area (Å²) in [7, 11) is 0. The van der Waals surface area contributed by atoms with Crippen LogP contribution in [0.25, 0.3) is 0 Å². The first kappa shape index (κ1) is 10.5. The third kappa shape index (κ3) is 2.13. The lowest BCUT2D eigenvalue weighted by molar-refractivity contribution is -0.126. The smallest absolute Gasteiger partial charge is 0.324 e. The van der Waals surface area contributed by atoms with Crippen molar-refractivity contribution in [2.75, 3.05) is 13.1 Å². The molecule has 0 aromatic heterocycles. The molecule has 0 aromatic carbocycles. The Balaban J connectivity index is 2.00. The summed E-state index contributed by atoms with van der Waals surface area (Å²) in [4.78, 5) is 24.2. The molecule has 2 fully saturated rings. The van der Waals surface area contributed by atoms with Crippen molar-refractivity contribution in [2.45, 2.75) is 39.0 Å². The number of nitrogens with one attached hydrogen (secondary N) is 1. The Bertz CT molecular complexity index is 266. The average Bonchev–Trinajstić information content (AvgIpc) is 2.50. The molecular formula is C11H18N2O2. The minimum absolute atomic E-state index is 0.0770. The fourth-order valence-corrected chi connectivity index (χ4v) is 2.56. The molecule has 4 heteroatoms. The quantitative estimate of drug-likeness (QED) is 0.702. The van der Waals surface area contributed by atoms with E-state index >= 15 is 0 Å². The van der Waals surface area contributed by atoms with Gasteiger partial charge in [0.2, 0.25) is 5.91 Å². The van der Waals surface area contributed by atoms with Gasteiger partial charge in [0.05, 0.1) is 6.54 Å². The molecule has 1 heterocycles. The summed E-state index contributed by atoms with van der Waals surface area (Å²) < 4.78 is 0. The minimum atomic E-state index is -0.216. The van der Waals surface area contributed by atoms with Crippen LogP contribution in [0.4, 0.5) is 4.79 Å². The maximum atomic E-state index is 11.4. The van der Waals surface area contributed by atoms with Crippen molar-refractivity contribution >= 4 is 11.9 Å². The van der Waals surface area contributed by atoms with Crippen LogP contribution in [-0.4, -0.2) is 29.9 Å². The van der Waals surface area contributed by atoms with Gasteiger partial charge in [0.1, 0.15) is 0 Å². The molecule has 0 radical (unpaired) electrons. The maximum Gasteiger partial charge on any atom is 0.324 e. The minimum Gasteiger partial charge on any atom is -0.329 e. The Morgan fingerprint density at radius 3 is 2.47 bits per heavy atom. The molecule has 0 aromatic rings. The van der Waals surface area contributed by atoms with Crippen LogP contribution < -0.4 is 5.32 Å². The van der Waals surface area contributed by atoms with Gasteiger partial charge in [0.15, 0.2) is 0 Å². The largest absolute Gasteiger partial charge is 0.329 e. The summed E-state index contributed by atoms with van der Waals surface area (Å²) in [5.41, 5.74) is 0.148. The van der Waals surface area contributed by atoms with Crippen LogP contribution in [-0.2, 0) is 4.79 Å². The highest BCUT2D eigenvalue weighted by Gasteiger charge is 2.36. The van der Waals surface area contributed by atoms with Crippen molar-refractivity contribution in [2.24, 2.45) is 5.41 Å². The highest BCUT2D eigenvalue weighted by Crippen LogP contribution is 2.36. The molecular weight excluding hydrogens is 192 g/mol. The topological polar surface area (TPSA) is 49.4 Å². The first-order valence-electron chi connectivity index (χ1n) is 5.69. The van der Waals surface area contributed by atoms with Gasteiger partial charge in [-0.25, -0.2) is 4.79 Å². The Morgan fingerprint density at radius 1 is 1.27 bits per heavy atom.